The second-order valence-electron chi connectivity index (χ2n) is 6.93. The van der Waals surface area contributed by atoms with Crippen molar-refractivity contribution in [3.63, 3.8) is 0 Å². The van der Waals surface area contributed by atoms with Gasteiger partial charge in [-0.15, -0.1) is 10.2 Å². The van der Waals surface area contributed by atoms with Crippen LogP contribution in [0.5, 0.6) is 5.75 Å². The van der Waals surface area contributed by atoms with E-state index in [1.807, 2.05) is 34.9 Å². The van der Waals surface area contributed by atoms with Gasteiger partial charge in [0.25, 0.3) is 0 Å². The molecule has 0 aliphatic heterocycles. The van der Waals surface area contributed by atoms with Crippen LogP contribution in [0.15, 0.2) is 47.6 Å². The Bertz CT molecular complexity index is 1060. The van der Waals surface area contributed by atoms with Gasteiger partial charge in [0.05, 0.1) is 24.4 Å². The van der Waals surface area contributed by atoms with E-state index in [-0.39, 0.29) is 12.6 Å². The van der Waals surface area contributed by atoms with E-state index < -0.39 is 0 Å². The third-order valence-corrected chi connectivity index (χ3v) is 6.11. The number of hydrogen-bond acceptors (Lipinski definition) is 5. The van der Waals surface area contributed by atoms with E-state index in [1.165, 1.54) is 11.8 Å². The molecule has 0 aliphatic rings. The molecule has 2 amide bonds. The van der Waals surface area contributed by atoms with Gasteiger partial charge in [0, 0.05) is 17.3 Å². The van der Waals surface area contributed by atoms with Gasteiger partial charge in [0.2, 0.25) is 0 Å². The molecule has 0 radical (unpaired) electrons. The Morgan fingerprint density at radius 1 is 1.16 bits per heavy atom. The summed E-state index contributed by atoms with van der Waals surface area (Å²) in [6.07, 6.45) is 1.94. The summed E-state index contributed by atoms with van der Waals surface area (Å²) in [7, 11) is 1.64. The average molecular weight is 494 g/mol. The Labute approximate surface area is 201 Å². The topological polar surface area (TPSA) is 81.1 Å². The molecule has 0 atom stereocenters. The van der Waals surface area contributed by atoms with Crippen LogP contribution >= 0.6 is 35.0 Å². The van der Waals surface area contributed by atoms with Gasteiger partial charge in [-0.05, 0) is 42.3 Å². The Balaban J connectivity index is 1.82. The number of benzene rings is 2. The van der Waals surface area contributed by atoms with Crippen LogP contribution in [0, 0.1) is 0 Å². The number of thioether (sulfide) groups is 1. The summed E-state index contributed by atoms with van der Waals surface area (Å²) < 4.78 is 7.14. The maximum absolute atomic E-state index is 12.1. The van der Waals surface area contributed by atoms with Gasteiger partial charge >= 0.3 is 6.03 Å². The summed E-state index contributed by atoms with van der Waals surface area (Å²) in [4.78, 5) is 12.1. The summed E-state index contributed by atoms with van der Waals surface area (Å²) in [6.45, 7) is 2.89. The van der Waals surface area contributed by atoms with Crippen LogP contribution in [0.2, 0.25) is 10.0 Å². The zero-order chi connectivity index (χ0) is 22.9. The van der Waals surface area contributed by atoms with Crippen LogP contribution in [0.25, 0.3) is 5.69 Å². The molecule has 0 saturated heterocycles. The number of ether oxygens (including phenoxy) is 1. The fourth-order valence-electron chi connectivity index (χ4n) is 2.92. The highest BCUT2D eigenvalue weighted by Crippen LogP contribution is 2.31. The van der Waals surface area contributed by atoms with Crippen LogP contribution in [-0.2, 0) is 12.3 Å². The van der Waals surface area contributed by atoms with Gasteiger partial charge < -0.3 is 15.4 Å². The van der Waals surface area contributed by atoms with Crippen LogP contribution in [0.4, 0.5) is 4.79 Å². The monoisotopic (exact) mass is 493 g/mol. The number of aromatic nitrogens is 3. The van der Waals surface area contributed by atoms with Gasteiger partial charge in [-0.1, -0.05) is 60.4 Å². The van der Waals surface area contributed by atoms with Crippen molar-refractivity contribution in [3.05, 3.63) is 63.9 Å². The normalized spacial score (nSPS) is 10.8. The molecule has 3 aromatic rings. The lowest BCUT2D eigenvalue weighted by molar-refractivity contribution is 0.240. The van der Waals surface area contributed by atoms with Crippen LogP contribution in [-0.4, -0.2) is 34.5 Å². The van der Waals surface area contributed by atoms with Crippen molar-refractivity contribution in [1.82, 2.24) is 25.4 Å². The van der Waals surface area contributed by atoms with E-state index in [4.69, 9.17) is 27.9 Å². The van der Waals surface area contributed by atoms with Crippen molar-refractivity contribution in [2.75, 3.05) is 13.7 Å². The van der Waals surface area contributed by atoms with Gasteiger partial charge in [0.15, 0.2) is 11.0 Å². The van der Waals surface area contributed by atoms with Crippen LogP contribution in [0.3, 0.4) is 0 Å². The summed E-state index contributed by atoms with van der Waals surface area (Å²) in [6, 6.07) is 12.8. The molecule has 0 fully saturated rings. The maximum Gasteiger partial charge on any atom is 0.315 e. The molecule has 2 N–H and O–H groups in total. The molecule has 0 bridgehead atoms. The van der Waals surface area contributed by atoms with E-state index in [0.717, 1.165) is 24.2 Å². The minimum Gasteiger partial charge on any atom is -0.497 e. The molecule has 1 heterocycles. The first-order chi connectivity index (χ1) is 15.5. The number of nitrogens with one attached hydrogen (secondary N) is 2. The summed E-state index contributed by atoms with van der Waals surface area (Å²) in [5.74, 6) is 2.02. The van der Waals surface area contributed by atoms with Crippen molar-refractivity contribution < 1.29 is 9.53 Å². The molecule has 32 heavy (non-hydrogen) atoms. The van der Waals surface area contributed by atoms with Crippen molar-refractivity contribution in [3.8, 4) is 11.4 Å². The van der Waals surface area contributed by atoms with E-state index in [0.29, 0.717) is 39.0 Å². The third kappa shape index (κ3) is 6.54. The zero-order valence-electron chi connectivity index (χ0n) is 17.9. The molecule has 1 aromatic heterocycles. The fraction of sp³-hybridized carbons (Fsp3) is 0.318. The molecule has 2 aromatic carbocycles. The average Bonchev–Trinajstić information content (AvgIpc) is 3.19. The predicted octanol–water partition coefficient (Wildman–Crippen LogP) is 5.47. The Hall–Kier alpha value is -2.42. The lowest BCUT2D eigenvalue weighted by Gasteiger charge is -2.13. The van der Waals surface area contributed by atoms with E-state index in [2.05, 4.69) is 27.8 Å². The van der Waals surface area contributed by atoms with Crippen LogP contribution in [0.1, 0.15) is 31.2 Å². The first kappa shape index (κ1) is 24.2. The SMILES string of the molecule is CCCCNC(=O)NCc1nnc(SCc2cccc(OC)c2)n1-c1ccc(Cl)cc1Cl. The van der Waals surface area contributed by atoms with Crippen molar-refractivity contribution >= 4 is 41.0 Å². The third-order valence-electron chi connectivity index (χ3n) is 4.58. The number of rotatable bonds is 10. The Morgan fingerprint density at radius 3 is 2.75 bits per heavy atom. The standard InChI is InChI=1S/C22H25Cl2N5O2S/c1-3-4-10-25-21(30)26-13-20-27-28-22(29(20)19-9-8-16(23)12-18(19)24)32-14-15-6-5-7-17(11-15)31-2/h5-9,11-12H,3-4,10,13-14H2,1-2H3,(H2,25,26,30). The minimum atomic E-state index is -0.249. The lowest BCUT2D eigenvalue weighted by atomic mass is 10.2. The minimum absolute atomic E-state index is 0.198. The highest BCUT2D eigenvalue weighted by molar-refractivity contribution is 7.98. The number of hydrogen-bond donors (Lipinski definition) is 2. The second-order valence-corrected chi connectivity index (χ2v) is 8.72. The van der Waals surface area contributed by atoms with Crippen molar-refractivity contribution in [1.29, 1.82) is 0 Å². The van der Waals surface area contributed by atoms with Crippen molar-refractivity contribution in [2.45, 2.75) is 37.2 Å². The molecule has 0 aliphatic carbocycles. The highest BCUT2D eigenvalue weighted by atomic mass is 35.5. The number of unbranched alkanes of at least 4 members (excludes halogenated alkanes) is 1. The molecule has 7 nitrogen and oxygen atoms in total. The van der Waals surface area contributed by atoms with Gasteiger partial charge in [-0.2, -0.15) is 0 Å². The van der Waals surface area contributed by atoms with Gasteiger partial charge in [0.1, 0.15) is 5.75 Å². The molecule has 0 saturated carbocycles. The summed E-state index contributed by atoms with van der Waals surface area (Å²) in [5.41, 5.74) is 1.78. The smallest absolute Gasteiger partial charge is 0.315 e. The molecule has 170 valence electrons. The highest BCUT2D eigenvalue weighted by Gasteiger charge is 2.18. The van der Waals surface area contributed by atoms with Gasteiger partial charge in [-0.3, -0.25) is 4.57 Å². The number of urea groups is 1. The molecule has 0 unspecified atom stereocenters. The molecule has 0 spiro atoms. The first-order valence-electron chi connectivity index (χ1n) is 10.2. The lowest BCUT2D eigenvalue weighted by Crippen LogP contribution is -2.36. The van der Waals surface area contributed by atoms with E-state index in [1.54, 1.807) is 19.2 Å². The van der Waals surface area contributed by atoms with Crippen molar-refractivity contribution in [2.24, 2.45) is 0 Å². The molecule has 10 heteroatoms. The zero-order valence-corrected chi connectivity index (χ0v) is 20.2. The van der Waals surface area contributed by atoms with Gasteiger partial charge in [-0.25, -0.2) is 4.79 Å². The second kappa shape index (κ2) is 12.0. The maximum atomic E-state index is 12.1. The number of methoxy groups -OCH3 is 1. The molecule has 3 rings (SSSR count). The fourth-order valence-corrected chi connectivity index (χ4v) is 4.32. The number of carbonyl (C=O) groups excluding carboxylic acids is 1. The Kier molecular flexibility index (Phi) is 9.08. The van der Waals surface area contributed by atoms with E-state index in [9.17, 15) is 4.79 Å². The summed E-state index contributed by atoms with van der Waals surface area (Å²) in [5, 5.41) is 16.0. The summed E-state index contributed by atoms with van der Waals surface area (Å²) >= 11 is 14.1. The molecular formula is C22H25Cl2N5O2S. The number of halogens is 2. The van der Waals surface area contributed by atoms with Crippen LogP contribution < -0.4 is 15.4 Å². The number of carbonyl (C=O) groups is 1. The quantitative estimate of drug-likeness (QED) is 0.288. The largest absolute Gasteiger partial charge is 0.497 e. The molecular weight excluding hydrogens is 469 g/mol. The van der Waals surface area contributed by atoms with E-state index >= 15 is 0 Å². The predicted molar refractivity (Wildman–Crippen MR) is 129 cm³/mol. The Morgan fingerprint density at radius 2 is 2.00 bits per heavy atom. The number of nitrogens with zero attached hydrogens (tertiary/aromatic N) is 3. The first-order valence-corrected chi connectivity index (χ1v) is 11.9. The number of amides is 2.